The molecule has 1 aromatic carbocycles. The highest BCUT2D eigenvalue weighted by Crippen LogP contribution is 2.41. The molecule has 0 spiro atoms. The SMILES string of the molecule is Cc1cc(OC(F)(F)F)cc2c1OC(C(F)(F)F)C(C(=O)OCCl)=C2. The van der Waals surface area contributed by atoms with Crippen LogP contribution in [0.25, 0.3) is 6.08 Å². The van der Waals surface area contributed by atoms with Gasteiger partial charge >= 0.3 is 18.5 Å². The number of carbonyl (C=O) groups is 1. The third-order valence-corrected chi connectivity index (χ3v) is 3.17. The maximum atomic E-state index is 13.1. The van der Waals surface area contributed by atoms with Crippen molar-refractivity contribution in [2.24, 2.45) is 0 Å². The molecule has 0 radical (unpaired) electrons. The Morgan fingerprint density at radius 2 is 1.88 bits per heavy atom. The highest BCUT2D eigenvalue weighted by Gasteiger charge is 2.49. The fourth-order valence-corrected chi connectivity index (χ4v) is 2.29. The number of rotatable bonds is 3. The molecule has 4 nitrogen and oxygen atoms in total. The van der Waals surface area contributed by atoms with E-state index in [9.17, 15) is 31.1 Å². The van der Waals surface area contributed by atoms with Crippen molar-refractivity contribution in [1.29, 1.82) is 0 Å². The number of hydrogen-bond donors (Lipinski definition) is 0. The van der Waals surface area contributed by atoms with Crippen molar-refractivity contribution in [3.8, 4) is 11.5 Å². The Labute approximate surface area is 141 Å². The molecule has 0 N–H and O–H groups in total. The van der Waals surface area contributed by atoms with Crippen LogP contribution in [-0.4, -0.2) is 30.7 Å². The lowest BCUT2D eigenvalue weighted by atomic mass is 9.99. The molecule has 25 heavy (non-hydrogen) atoms. The van der Waals surface area contributed by atoms with Crippen LogP contribution in [0.2, 0.25) is 0 Å². The molecule has 1 aliphatic heterocycles. The van der Waals surface area contributed by atoms with Crippen LogP contribution < -0.4 is 9.47 Å². The predicted molar refractivity (Wildman–Crippen MR) is 73.1 cm³/mol. The Bertz CT molecular complexity index is 710. The first-order valence-electron chi connectivity index (χ1n) is 6.51. The van der Waals surface area contributed by atoms with Crippen molar-refractivity contribution in [1.82, 2.24) is 0 Å². The van der Waals surface area contributed by atoms with Crippen LogP contribution in [-0.2, 0) is 9.53 Å². The lowest BCUT2D eigenvalue weighted by Gasteiger charge is -2.29. The van der Waals surface area contributed by atoms with E-state index in [1.165, 1.54) is 6.92 Å². The smallest absolute Gasteiger partial charge is 0.475 e. The molecule has 1 unspecified atom stereocenters. The van der Waals surface area contributed by atoms with Crippen LogP contribution in [0.4, 0.5) is 26.3 Å². The standard InChI is InChI=1S/C14H9ClF6O4/c1-6-2-8(25-14(19,20)21)3-7-4-9(12(22)23-5-15)11(13(16,17)18)24-10(6)7/h2-4,11H,5H2,1H3. The van der Waals surface area contributed by atoms with Crippen LogP contribution in [0, 0.1) is 6.92 Å². The third kappa shape index (κ3) is 4.50. The van der Waals surface area contributed by atoms with Gasteiger partial charge in [-0.3, -0.25) is 0 Å². The molecule has 0 aromatic heterocycles. The van der Waals surface area contributed by atoms with Gasteiger partial charge in [-0.25, -0.2) is 4.79 Å². The zero-order valence-corrected chi connectivity index (χ0v) is 13.1. The van der Waals surface area contributed by atoms with Crippen LogP contribution in [0.3, 0.4) is 0 Å². The molecule has 1 atom stereocenters. The normalized spacial score (nSPS) is 17.3. The Morgan fingerprint density at radius 3 is 2.40 bits per heavy atom. The maximum absolute atomic E-state index is 13.1. The van der Waals surface area contributed by atoms with E-state index in [-0.39, 0.29) is 16.9 Å². The quantitative estimate of drug-likeness (QED) is 0.437. The Hall–Kier alpha value is -2.10. The number of benzene rings is 1. The van der Waals surface area contributed by atoms with Crippen LogP contribution in [0.5, 0.6) is 11.5 Å². The van der Waals surface area contributed by atoms with Crippen LogP contribution in [0.15, 0.2) is 17.7 Å². The van der Waals surface area contributed by atoms with Crippen LogP contribution >= 0.6 is 11.6 Å². The summed E-state index contributed by atoms with van der Waals surface area (Å²) in [6, 6.07) is 0.968. The number of fused-ring (bicyclic) bond motifs is 1. The Kier molecular flexibility index (Phi) is 5.12. The number of aryl methyl sites for hydroxylation is 1. The van der Waals surface area contributed by atoms with Gasteiger partial charge in [0.15, 0.2) is 6.07 Å². The second kappa shape index (κ2) is 6.66. The minimum atomic E-state index is -4.99. The number of alkyl halides is 7. The van der Waals surface area contributed by atoms with Crippen molar-refractivity contribution >= 4 is 23.6 Å². The van der Waals surface area contributed by atoms with Gasteiger partial charge < -0.3 is 14.2 Å². The summed E-state index contributed by atoms with van der Waals surface area (Å²) in [5, 5.41) is 0. The van der Waals surface area contributed by atoms with Crippen molar-refractivity contribution in [2.75, 3.05) is 6.07 Å². The lowest BCUT2D eigenvalue weighted by molar-refractivity contribution is -0.274. The number of esters is 1. The summed E-state index contributed by atoms with van der Waals surface area (Å²) in [7, 11) is 0. The molecule has 0 bridgehead atoms. The van der Waals surface area contributed by atoms with Crippen molar-refractivity contribution in [3.63, 3.8) is 0 Å². The summed E-state index contributed by atoms with van der Waals surface area (Å²) in [5.74, 6) is -2.39. The molecule has 0 aliphatic carbocycles. The Morgan fingerprint density at radius 1 is 1.24 bits per heavy atom. The number of ether oxygens (including phenoxy) is 3. The van der Waals surface area contributed by atoms with Crippen LogP contribution in [0.1, 0.15) is 11.1 Å². The van der Waals surface area contributed by atoms with E-state index >= 15 is 0 Å². The van der Waals surface area contributed by atoms with E-state index in [4.69, 9.17) is 16.3 Å². The molecule has 1 heterocycles. The Balaban J connectivity index is 2.53. The van der Waals surface area contributed by atoms with Gasteiger partial charge in [-0.1, -0.05) is 11.6 Å². The summed E-state index contributed by atoms with van der Waals surface area (Å²) in [4.78, 5) is 11.7. The molecular formula is C14H9ClF6O4. The summed E-state index contributed by atoms with van der Waals surface area (Å²) in [6.45, 7) is 1.24. The average Bonchev–Trinajstić information content (AvgIpc) is 2.43. The number of halogens is 7. The van der Waals surface area contributed by atoms with E-state index < -0.39 is 42.0 Å². The first kappa shape index (κ1) is 19.2. The molecule has 2 rings (SSSR count). The zero-order valence-electron chi connectivity index (χ0n) is 12.3. The van der Waals surface area contributed by atoms with Gasteiger partial charge in [0, 0.05) is 5.56 Å². The average molecular weight is 391 g/mol. The topological polar surface area (TPSA) is 44.8 Å². The molecule has 0 saturated carbocycles. The molecule has 11 heteroatoms. The summed E-state index contributed by atoms with van der Waals surface area (Å²) < 4.78 is 89.3. The second-order valence-electron chi connectivity index (χ2n) is 4.89. The van der Waals surface area contributed by atoms with E-state index in [1.807, 2.05) is 0 Å². The van der Waals surface area contributed by atoms with E-state index in [1.54, 1.807) is 0 Å². The largest absolute Gasteiger partial charge is 0.573 e. The number of hydrogen-bond acceptors (Lipinski definition) is 4. The maximum Gasteiger partial charge on any atom is 0.573 e. The third-order valence-electron chi connectivity index (χ3n) is 3.06. The highest BCUT2D eigenvalue weighted by atomic mass is 35.5. The molecule has 138 valence electrons. The molecule has 1 aromatic rings. The number of carbonyl (C=O) groups excluding carboxylic acids is 1. The monoisotopic (exact) mass is 390 g/mol. The van der Waals surface area contributed by atoms with Crippen molar-refractivity contribution in [2.45, 2.75) is 25.6 Å². The lowest BCUT2D eigenvalue weighted by Crippen LogP contribution is -2.41. The first-order chi connectivity index (χ1) is 11.4. The van der Waals surface area contributed by atoms with E-state index in [0.717, 1.165) is 18.2 Å². The van der Waals surface area contributed by atoms with Gasteiger partial charge in [-0.15, -0.1) is 13.2 Å². The van der Waals surface area contributed by atoms with Gasteiger partial charge in [-0.05, 0) is 30.7 Å². The van der Waals surface area contributed by atoms with Crippen molar-refractivity contribution in [3.05, 3.63) is 28.8 Å². The van der Waals surface area contributed by atoms with Crippen molar-refractivity contribution < 1.29 is 45.3 Å². The van der Waals surface area contributed by atoms with Gasteiger partial charge in [0.05, 0.1) is 5.57 Å². The minimum Gasteiger partial charge on any atom is -0.475 e. The molecular weight excluding hydrogens is 382 g/mol. The van der Waals surface area contributed by atoms with Gasteiger partial charge in [0.2, 0.25) is 6.10 Å². The molecule has 0 amide bonds. The van der Waals surface area contributed by atoms with E-state index in [0.29, 0.717) is 0 Å². The summed E-state index contributed by atoms with van der Waals surface area (Å²) >= 11 is 5.16. The fourth-order valence-electron chi connectivity index (χ4n) is 2.19. The minimum absolute atomic E-state index is 0.0352. The second-order valence-corrected chi connectivity index (χ2v) is 5.10. The van der Waals surface area contributed by atoms with E-state index in [2.05, 4.69) is 9.47 Å². The summed E-state index contributed by atoms with van der Waals surface area (Å²) in [5.41, 5.74) is -1.17. The van der Waals surface area contributed by atoms with Gasteiger partial charge in [-0.2, -0.15) is 13.2 Å². The fraction of sp³-hybridized carbons (Fsp3) is 0.357. The van der Waals surface area contributed by atoms with Gasteiger partial charge in [0.1, 0.15) is 11.5 Å². The first-order valence-corrected chi connectivity index (χ1v) is 7.04. The zero-order chi connectivity index (χ0) is 19.0. The molecule has 1 aliphatic rings. The summed E-state index contributed by atoms with van der Waals surface area (Å²) in [6.07, 6.45) is -11.8. The molecule has 0 fully saturated rings. The highest BCUT2D eigenvalue weighted by molar-refractivity contribution is 6.17. The van der Waals surface area contributed by atoms with Gasteiger partial charge in [0.25, 0.3) is 0 Å². The predicted octanol–water partition coefficient (Wildman–Crippen LogP) is 4.34. The molecule has 0 saturated heterocycles.